The average Bonchev–Trinajstić information content (AvgIpc) is 1.69. The number of rotatable bonds is 40. The Labute approximate surface area is 812 Å². The number of benzene rings is 10. The van der Waals surface area contributed by atoms with Gasteiger partial charge < -0.3 is 48.4 Å². The lowest BCUT2D eigenvalue weighted by Crippen LogP contribution is -2.31. The van der Waals surface area contributed by atoms with Crippen molar-refractivity contribution in [2.45, 2.75) is 145 Å². The number of para-hydroxylation sites is 1. The van der Waals surface area contributed by atoms with Crippen LogP contribution >= 0.6 is 0 Å². The van der Waals surface area contributed by atoms with E-state index in [0.717, 1.165) is 216 Å². The van der Waals surface area contributed by atoms with Crippen molar-refractivity contribution < 1.29 is 69.8 Å². The van der Waals surface area contributed by atoms with Gasteiger partial charge in [-0.1, -0.05) is 191 Å². The molecule has 0 aliphatic carbocycles. The number of aliphatic hydroxyl groups excluding tert-OH is 2. The van der Waals surface area contributed by atoms with Crippen molar-refractivity contribution in [1.29, 1.82) is 0 Å². The molecule has 0 saturated heterocycles. The molecule has 5 aromatic heterocycles. The third-order valence-electron chi connectivity index (χ3n) is 22.5. The number of aryl methyl sites for hydroxylation is 9. The highest BCUT2D eigenvalue weighted by atomic mass is 16.5. The van der Waals surface area contributed by atoms with Crippen LogP contribution < -0.4 is 42.8 Å². The van der Waals surface area contributed by atoms with Gasteiger partial charge in [0.05, 0.1) is 61.8 Å². The van der Waals surface area contributed by atoms with Crippen molar-refractivity contribution in [2.75, 3.05) is 32.9 Å². The van der Waals surface area contributed by atoms with Crippen molar-refractivity contribution in [2.24, 2.45) is 5.41 Å². The van der Waals surface area contributed by atoms with Crippen LogP contribution in [0.1, 0.15) is 133 Å². The number of imidazole rings is 5. The number of nitrogens with zero attached hydrogens (tertiary/aromatic N) is 10. The number of amides is 6. The second-order valence-corrected chi connectivity index (χ2v) is 33.9. The summed E-state index contributed by atoms with van der Waals surface area (Å²) in [6.07, 6.45) is 24.0. The molecule has 728 valence electrons. The van der Waals surface area contributed by atoms with Crippen molar-refractivity contribution in [3.8, 4) is 5.75 Å². The fraction of sp³-hybridized carbons (Fsp3) is 0.257. The number of unbranched alkanes of at least 4 members (excludes halogenated alkanes) is 2. The topological polar surface area (TPSA) is 427 Å². The Kier molecular flexibility index (Phi) is 41.3. The van der Waals surface area contributed by atoms with Gasteiger partial charge in [0, 0.05) is 121 Å². The van der Waals surface area contributed by atoms with E-state index in [4.69, 9.17) is 55.8 Å². The van der Waals surface area contributed by atoms with E-state index in [-0.39, 0.29) is 31.1 Å². The van der Waals surface area contributed by atoms with Crippen LogP contribution in [-0.2, 0) is 119 Å². The standard InChI is InChI=1S/C23H27N3O3.C23H27N3O2.C22H24N4O4.C21H24N4O2.C20H21N3O3/c27-16-6-2-5-15-26-21-12-9-19(11-14-23(28)25-29)17-20(21)24-22(26)13-10-18-7-3-1-4-8-18;1-23(2,3)16-26-20-12-9-18(11-14-22(27)25-28)15-19(20)24-21(26)13-10-17-7-5-4-6-8-17;1-2-26-19-10-8-16(9-11-21(27)25-29)14-18(19)24-20(26)12-13-23-22(28)15-30-17-6-4-3-5-7-17;1-2-25-19-10-8-16(9-11-21(26)24-27)14-18(19)23-20(25)12-13-22-15-17-6-4-3-5-7-17;24-13-12-23-18-9-6-16(8-11-20(25)22-26)14-17(18)21-19(23)10-7-15-4-2-1-3-5-15/h1,3-4,7-9,11-12,14,17,27,29H,2,5-6,10,13,15-16H2,(H,25,28);4-9,11-12,14-15,28H,10,13,16H2,1-3H3,(H,25,27);3-11,14,29H,2,12-13,15H2,1H3,(H,23,28)(H,25,27);3-11,14,22,27H,2,12-13,15H2,1H3,(H,24,26);1-6,8-9,11,14,24,26H,7,10,12-13H2,(H,22,25)/b2*14-11+;2*11-9+;11-8+. The minimum Gasteiger partial charge on any atom is -0.484 e. The molecule has 0 unspecified atom stereocenters. The first-order valence-electron chi connectivity index (χ1n) is 46.7. The van der Waals surface area contributed by atoms with Gasteiger partial charge >= 0.3 is 0 Å². The molecule has 6 amide bonds. The molecule has 5 heterocycles. The Hall–Kier alpha value is -15.5. The van der Waals surface area contributed by atoms with Gasteiger partial charge in [0.15, 0.2) is 6.61 Å². The highest BCUT2D eigenvalue weighted by molar-refractivity contribution is 5.95. The van der Waals surface area contributed by atoms with E-state index in [0.29, 0.717) is 25.3 Å². The van der Waals surface area contributed by atoms with E-state index in [9.17, 15) is 33.9 Å². The van der Waals surface area contributed by atoms with Crippen molar-refractivity contribution in [3.05, 3.63) is 352 Å². The maximum absolute atomic E-state index is 12.0. The van der Waals surface area contributed by atoms with Gasteiger partial charge in [-0.25, -0.2) is 52.3 Å². The summed E-state index contributed by atoms with van der Waals surface area (Å²) in [6, 6.07) is 79.8. The molecule has 31 nitrogen and oxygen atoms in total. The fourth-order valence-electron chi connectivity index (χ4n) is 15.8. The third kappa shape index (κ3) is 32.6. The largest absolute Gasteiger partial charge is 0.484 e. The predicted octanol–water partition coefficient (Wildman–Crippen LogP) is 15.4. The first-order valence-corrected chi connectivity index (χ1v) is 46.7. The molecule has 0 aliphatic rings. The summed E-state index contributed by atoms with van der Waals surface area (Å²) >= 11 is 0. The maximum Gasteiger partial charge on any atom is 0.267 e. The Morgan fingerprint density at radius 3 is 0.971 bits per heavy atom. The lowest BCUT2D eigenvalue weighted by Gasteiger charge is -2.21. The predicted molar refractivity (Wildman–Crippen MR) is 544 cm³/mol. The van der Waals surface area contributed by atoms with Gasteiger partial charge in [0.25, 0.3) is 35.4 Å². The van der Waals surface area contributed by atoms with E-state index in [2.05, 4.69) is 128 Å². The highest BCUT2D eigenvalue weighted by Gasteiger charge is 2.21. The summed E-state index contributed by atoms with van der Waals surface area (Å²) in [5.74, 6) is 2.56. The summed E-state index contributed by atoms with van der Waals surface area (Å²) in [6.45, 7) is 17.0. The van der Waals surface area contributed by atoms with E-state index < -0.39 is 29.5 Å². The van der Waals surface area contributed by atoms with Crippen molar-refractivity contribution >= 4 is 121 Å². The molecule has 14 N–H and O–H groups in total. The number of ether oxygens (including phenoxy) is 1. The van der Waals surface area contributed by atoms with Gasteiger partial charge in [0.1, 0.15) is 34.9 Å². The second kappa shape index (κ2) is 55.1. The molecular weight excluding hydrogens is 1770 g/mol. The summed E-state index contributed by atoms with van der Waals surface area (Å²) in [7, 11) is 0. The number of hydroxylamine groups is 5. The number of aliphatic hydroxyl groups is 2. The number of carbonyl (C=O) groups is 6. The van der Waals surface area contributed by atoms with Crippen molar-refractivity contribution in [1.82, 2.24) is 85.8 Å². The van der Waals surface area contributed by atoms with Crippen LogP contribution in [0.15, 0.2) is 273 Å². The normalized spacial score (nSPS) is 11.4. The molecule has 0 aliphatic heterocycles. The number of hydrogen-bond acceptors (Lipinski definition) is 20. The molecule has 140 heavy (non-hydrogen) atoms. The van der Waals surface area contributed by atoms with Gasteiger partial charge in [-0.2, -0.15) is 0 Å². The van der Waals surface area contributed by atoms with Gasteiger partial charge in [0.2, 0.25) is 0 Å². The molecule has 10 aromatic carbocycles. The Morgan fingerprint density at radius 2 is 0.643 bits per heavy atom. The van der Waals surface area contributed by atoms with Gasteiger partial charge in [-0.05, 0) is 211 Å². The lowest BCUT2D eigenvalue weighted by atomic mass is 9.96. The van der Waals surface area contributed by atoms with Crippen LogP contribution in [0, 0.1) is 5.41 Å². The molecule has 0 fully saturated rings. The van der Waals surface area contributed by atoms with Crippen LogP contribution in [0.5, 0.6) is 5.75 Å². The second-order valence-electron chi connectivity index (χ2n) is 33.9. The number of aromatic nitrogens is 10. The summed E-state index contributed by atoms with van der Waals surface area (Å²) in [5.41, 5.74) is 26.8. The average molecular weight is 1900 g/mol. The van der Waals surface area contributed by atoms with Crippen molar-refractivity contribution in [3.63, 3.8) is 0 Å². The summed E-state index contributed by atoms with van der Waals surface area (Å²) in [5, 5.41) is 67.7. The quantitative estimate of drug-likeness (QED) is 0.00734. The number of carbonyl (C=O) groups excluding carboxylic acids is 6. The van der Waals surface area contributed by atoms with E-state index >= 15 is 0 Å². The van der Waals surface area contributed by atoms with Gasteiger partial charge in [-0.3, -0.25) is 54.8 Å². The molecule has 0 atom stereocenters. The van der Waals surface area contributed by atoms with E-state index in [1.807, 2.05) is 175 Å². The molecule has 15 aromatic rings. The minimum absolute atomic E-state index is 0.0364. The van der Waals surface area contributed by atoms with E-state index in [1.165, 1.54) is 52.6 Å². The van der Waals surface area contributed by atoms with E-state index in [1.54, 1.807) is 69.9 Å². The summed E-state index contributed by atoms with van der Waals surface area (Å²) < 4.78 is 16.4. The molecule has 0 saturated carbocycles. The molecular formula is C109H123N17O14. The SMILES string of the molecule is CC(C)(C)Cn1c(CCc2ccccc2)nc2cc(/C=C/C(=O)NO)ccc21.CCn1c(CCNC(=O)COc2ccccc2)nc2cc(/C=C/C(=O)NO)ccc21.CCn1c(CCNCc2ccccc2)nc2cc(/C=C/C(=O)NO)ccc21.O=C(/C=C/c1ccc2c(c1)nc(CCc1ccccc1)n2CCCCCO)NO.O=C(/C=C/c1ccc2c(c1)nc(CCc1ccccc1)n2CCO)NO. The number of nitrogens with one attached hydrogen (secondary N) is 7. The zero-order valence-corrected chi connectivity index (χ0v) is 79.4. The third-order valence-corrected chi connectivity index (χ3v) is 22.5. The number of fused-ring (bicyclic) bond motifs is 5. The number of hydrogen-bond donors (Lipinski definition) is 14. The fourth-order valence-corrected chi connectivity index (χ4v) is 15.8. The Morgan fingerprint density at radius 1 is 0.336 bits per heavy atom. The first kappa shape index (κ1) is 105. The molecule has 0 spiro atoms. The van der Waals surface area contributed by atoms with Crippen LogP contribution in [0.4, 0.5) is 0 Å². The molecule has 15 rings (SSSR count). The molecule has 31 heteroatoms. The van der Waals surface area contributed by atoms with Gasteiger partial charge in [-0.15, -0.1) is 0 Å². The van der Waals surface area contributed by atoms with Crippen LogP contribution in [-0.4, -0.2) is 152 Å². The van der Waals surface area contributed by atoms with Crippen LogP contribution in [0.25, 0.3) is 85.5 Å². The Balaban J connectivity index is 0.000000168. The zero-order valence-electron chi connectivity index (χ0n) is 79.4. The Bertz CT molecular complexity index is 6700. The smallest absolute Gasteiger partial charge is 0.267 e. The van der Waals surface area contributed by atoms with Crippen LogP contribution in [0.2, 0.25) is 0 Å². The highest BCUT2D eigenvalue weighted by Crippen LogP contribution is 2.29. The molecule has 0 radical (unpaired) electrons. The minimum atomic E-state index is -0.596. The lowest BCUT2D eigenvalue weighted by molar-refractivity contribution is -0.124. The molecule has 0 bridgehead atoms. The summed E-state index contributed by atoms with van der Waals surface area (Å²) in [4.78, 5) is 91.8. The first-order chi connectivity index (χ1) is 68.1. The zero-order chi connectivity index (χ0) is 99.4. The monoisotopic (exact) mass is 1890 g/mol. The van der Waals surface area contributed by atoms with Crippen LogP contribution in [0.3, 0.4) is 0 Å². The maximum atomic E-state index is 12.0.